The number of rotatable bonds is 7. The first-order valence-electron chi connectivity index (χ1n) is 8.82. The summed E-state index contributed by atoms with van der Waals surface area (Å²) in [5, 5.41) is 3.04. The Morgan fingerprint density at radius 1 is 1.08 bits per heavy atom. The molecular formula is C19H31N3OS. The van der Waals surface area contributed by atoms with Gasteiger partial charge in [-0.05, 0) is 5.56 Å². The number of nitrogens with one attached hydrogen (secondary N) is 1. The number of carbonyl (C=O) groups excluding carboxylic acids is 1. The summed E-state index contributed by atoms with van der Waals surface area (Å²) in [6.45, 7) is 13.5. The van der Waals surface area contributed by atoms with Crippen LogP contribution >= 0.6 is 11.8 Å². The first kappa shape index (κ1) is 19.3. The van der Waals surface area contributed by atoms with Crippen LogP contribution in [0.5, 0.6) is 0 Å². The zero-order valence-electron chi connectivity index (χ0n) is 15.3. The molecule has 1 aromatic rings. The summed E-state index contributed by atoms with van der Waals surface area (Å²) in [6.07, 6.45) is 0. The van der Waals surface area contributed by atoms with Gasteiger partial charge in [-0.2, -0.15) is 0 Å². The minimum Gasteiger partial charge on any atom is -0.354 e. The smallest absolute Gasteiger partial charge is 0.230 e. The maximum Gasteiger partial charge on any atom is 0.230 e. The van der Waals surface area contributed by atoms with E-state index in [2.05, 4.69) is 66.2 Å². The summed E-state index contributed by atoms with van der Waals surface area (Å²) in [4.78, 5) is 16.8. The standard InChI is InChI=1S/C19H31N3OS/c1-19(2,3)24-16-18(23)20-9-10-21-11-13-22(14-12-21)15-17-7-5-4-6-8-17/h4-8H,9-16H2,1-3H3,(H,20,23). The van der Waals surface area contributed by atoms with Gasteiger partial charge in [-0.25, -0.2) is 0 Å². The van der Waals surface area contributed by atoms with Crippen molar-refractivity contribution in [3.05, 3.63) is 35.9 Å². The number of hydrogen-bond donors (Lipinski definition) is 1. The van der Waals surface area contributed by atoms with Crippen LogP contribution in [0.1, 0.15) is 26.3 Å². The molecule has 0 radical (unpaired) electrons. The summed E-state index contributed by atoms with van der Waals surface area (Å²) in [5.41, 5.74) is 1.38. The van der Waals surface area contributed by atoms with Crippen LogP contribution in [0.15, 0.2) is 30.3 Å². The van der Waals surface area contributed by atoms with Gasteiger partial charge in [0.25, 0.3) is 0 Å². The highest BCUT2D eigenvalue weighted by atomic mass is 32.2. The molecule has 1 N–H and O–H groups in total. The molecule has 1 aromatic carbocycles. The molecule has 1 heterocycles. The highest BCUT2D eigenvalue weighted by Gasteiger charge is 2.17. The van der Waals surface area contributed by atoms with Crippen LogP contribution in [0.25, 0.3) is 0 Å². The van der Waals surface area contributed by atoms with E-state index < -0.39 is 0 Å². The van der Waals surface area contributed by atoms with Gasteiger partial charge in [-0.1, -0.05) is 51.1 Å². The molecule has 0 unspecified atom stereocenters. The summed E-state index contributed by atoms with van der Waals surface area (Å²) >= 11 is 1.70. The third-order valence-corrected chi connectivity index (χ3v) is 5.37. The van der Waals surface area contributed by atoms with Crippen molar-refractivity contribution >= 4 is 17.7 Å². The lowest BCUT2D eigenvalue weighted by molar-refractivity contribution is -0.118. The average Bonchev–Trinajstić information content (AvgIpc) is 2.55. The van der Waals surface area contributed by atoms with Gasteiger partial charge in [0.1, 0.15) is 0 Å². The first-order chi connectivity index (χ1) is 11.4. The Hall–Kier alpha value is -1.04. The highest BCUT2D eigenvalue weighted by Crippen LogP contribution is 2.22. The number of piperazine rings is 1. The molecule has 0 saturated carbocycles. The number of nitrogens with zero attached hydrogens (tertiary/aromatic N) is 2. The molecule has 0 aliphatic carbocycles. The van der Waals surface area contributed by atoms with Crippen LogP contribution in [0, 0.1) is 0 Å². The molecule has 1 aliphatic heterocycles. The van der Waals surface area contributed by atoms with Crippen LogP contribution < -0.4 is 5.32 Å². The number of amides is 1. The lowest BCUT2D eigenvalue weighted by Crippen LogP contribution is -2.48. The van der Waals surface area contributed by atoms with Gasteiger partial charge >= 0.3 is 0 Å². The quantitative estimate of drug-likeness (QED) is 0.820. The molecular weight excluding hydrogens is 318 g/mol. The van der Waals surface area contributed by atoms with Crippen molar-refractivity contribution in [3.63, 3.8) is 0 Å². The SMILES string of the molecule is CC(C)(C)SCC(=O)NCCN1CCN(Cc2ccccc2)CC1. The minimum atomic E-state index is 0.145. The van der Waals surface area contributed by atoms with Crippen molar-refractivity contribution in [1.29, 1.82) is 0 Å². The number of benzene rings is 1. The zero-order valence-corrected chi connectivity index (χ0v) is 16.1. The number of hydrogen-bond acceptors (Lipinski definition) is 4. The summed E-state index contributed by atoms with van der Waals surface area (Å²) in [7, 11) is 0. The maximum atomic E-state index is 11.8. The van der Waals surface area contributed by atoms with Gasteiger partial charge in [0.05, 0.1) is 5.75 Å². The maximum absolute atomic E-state index is 11.8. The Morgan fingerprint density at radius 3 is 2.33 bits per heavy atom. The fraction of sp³-hybridized carbons (Fsp3) is 0.632. The van der Waals surface area contributed by atoms with E-state index in [1.54, 1.807) is 11.8 Å². The molecule has 4 nitrogen and oxygen atoms in total. The Labute approximate surface area is 151 Å². The van der Waals surface area contributed by atoms with E-state index >= 15 is 0 Å². The molecule has 1 fully saturated rings. The van der Waals surface area contributed by atoms with Crippen molar-refractivity contribution in [1.82, 2.24) is 15.1 Å². The van der Waals surface area contributed by atoms with Crippen molar-refractivity contribution in [3.8, 4) is 0 Å². The molecule has 0 aromatic heterocycles. The minimum absolute atomic E-state index is 0.145. The predicted octanol–water partition coefficient (Wildman–Crippen LogP) is 2.45. The van der Waals surface area contributed by atoms with E-state index in [-0.39, 0.29) is 10.7 Å². The average molecular weight is 350 g/mol. The molecule has 1 saturated heterocycles. The van der Waals surface area contributed by atoms with Gasteiger partial charge in [0.2, 0.25) is 5.91 Å². The topological polar surface area (TPSA) is 35.6 Å². The summed E-state index contributed by atoms with van der Waals surface area (Å²) in [5.74, 6) is 0.701. The van der Waals surface area contributed by atoms with E-state index in [9.17, 15) is 4.79 Å². The molecule has 0 spiro atoms. The van der Waals surface area contributed by atoms with E-state index in [0.29, 0.717) is 5.75 Å². The Bertz CT molecular complexity index is 493. The lowest BCUT2D eigenvalue weighted by Gasteiger charge is -2.34. The first-order valence-corrected chi connectivity index (χ1v) is 9.80. The second-order valence-electron chi connectivity index (χ2n) is 7.35. The van der Waals surface area contributed by atoms with Gasteiger partial charge in [0.15, 0.2) is 0 Å². The monoisotopic (exact) mass is 349 g/mol. The third-order valence-electron chi connectivity index (χ3n) is 4.10. The van der Waals surface area contributed by atoms with Crippen LogP contribution in [0.4, 0.5) is 0 Å². The second-order valence-corrected chi connectivity index (χ2v) is 9.16. The van der Waals surface area contributed by atoms with Gasteiger partial charge in [0, 0.05) is 50.6 Å². The van der Waals surface area contributed by atoms with Gasteiger partial charge < -0.3 is 5.32 Å². The summed E-state index contributed by atoms with van der Waals surface area (Å²) < 4.78 is 0.145. The Morgan fingerprint density at radius 2 is 1.71 bits per heavy atom. The predicted molar refractivity (Wildman–Crippen MR) is 103 cm³/mol. The molecule has 0 atom stereocenters. The van der Waals surface area contributed by atoms with Crippen LogP contribution in [-0.2, 0) is 11.3 Å². The second kappa shape index (κ2) is 9.44. The Kier molecular flexibility index (Phi) is 7.59. The molecule has 24 heavy (non-hydrogen) atoms. The molecule has 5 heteroatoms. The third kappa shape index (κ3) is 7.69. The van der Waals surface area contributed by atoms with Gasteiger partial charge in [-0.15, -0.1) is 11.8 Å². The van der Waals surface area contributed by atoms with Crippen LogP contribution in [-0.4, -0.2) is 65.5 Å². The Balaban J connectivity index is 1.57. The van der Waals surface area contributed by atoms with Crippen molar-refractivity contribution in [2.24, 2.45) is 0 Å². The van der Waals surface area contributed by atoms with E-state index in [0.717, 1.165) is 45.8 Å². The van der Waals surface area contributed by atoms with E-state index in [4.69, 9.17) is 0 Å². The van der Waals surface area contributed by atoms with Crippen molar-refractivity contribution < 1.29 is 4.79 Å². The molecule has 134 valence electrons. The van der Waals surface area contributed by atoms with E-state index in [1.165, 1.54) is 5.56 Å². The number of carbonyl (C=O) groups is 1. The highest BCUT2D eigenvalue weighted by molar-refractivity contribution is 8.01. The fourth-order valence-electron chi connectivity index (χ4n) is 2.70. The van der Waals surface area contributed by atoms with E-state index in [1.807, 2.05) is 0 Å². The molecule has 0 bridgehead atoms. The molecule has 1 amide bonds. The zero-order chi connectivity index (χ0) is 17.4. The lowest BCUT2D eigenvalue weighted by atomic mass is 10.2. The van der Waals surface area contributed by atoms with Crippen LogP contribution in [0.2, 0.25) is 0 Å². The fourth-order valence-corrected chi connectivity index (χ4v) is 3.37. The number of thioether (sulfide) groups is 1. The normalized spacial score (nSPS) is 17.0. The van der Waals surface area contributed by atoms with Crippen LogP contribution in [0.3, 0.4) is 0 Å². The van der Waals surface area contributed by atoms with Crippen molar-refractivity contribution in [2.45, 2.75) is 32.1 Å². The molecule has 2 rings (SSSR count). The summed E-state index contributed by atoms with van der Waals surface area (Å²) in [6, 6.07) is 10.7. The molecule has 1 aliphatic rings. The largest absolute Gasteiger partial charge is 0.354 e. The van der Waals surface area contributed by atoms with Gasteiger partial charge in [-0.3, -0.25) is 14.6 Å². The van der Waals surface area contributed by atoms with Crippen molar-refractivity contribution in [2.75, 3.05) is 45.0 Å².